The van der Waals surface area contributed by atoms with Crippen molar-refractivity contribution in [1.82, 2.24) is 0 Å². The van der Waals surface area contributed by atoms with E-state index in [1.807, 2.05) is 23.9 Å². The molecule has 3 aromatic rings. The predicted octanol–water partition coefficient (Wildman–Crippen LogP) is 7.27. The summed E-state index contributed by atoms with van der Waals surface area (Å²) in [6.07, 6.45) is 0. The van der Waals surface area contributed by atoms with Crippen molar-refractivity contribution >= 4 is 23.5 Å². The van der Waals surface area contributed by atoms with Crippen LogP contribution in [0.25, 0.3) is 0 Å². The quantitative estimate of drug-likeness (QED) is 0.444. The van der Waals surface area contributed by atoms with Gasteiger partial charge in [-0.2, -0.15) is 0 Å². The molecule has 0 atom stereocenters. The standard InChI is InChI=1S/C24H26OS2/c1-24(2,3)22-15-18(16-26-20-10-6-4-7-11-20)14-19(23(22)25)17-27-21-12-8-5-9-13-21/h4-15,25H,16-17H2,1-3H3. The van der Waals surface area contributed by atoms with E-state index in [2.05, 4.69) is 81.4 Å². The summed E-state index contributed by atoms with van der Waals surface area (Å²) in [6.45, 7) is 6.47. The number of thioether (sulfide) groups is 2. The van der Waals surface area contributed by atoms with E-state index in [4.69, 9.17) is 0 Å². The molecule has 0 saturated carbocycles. The Balaban J connectivity index is 1.84. The summed E-state index contributed by atoms with van der Waals surface area (Å²) in [7, 11) is 0. The summed E-state index contributed by atoms with van der Waals surface area (Å²) >= 11 is 3.60. The predicted molar refractivity (Wildman–Crippen MR) is 119 cm³/mol. The molecule has 27 heavy (non-hydrogen) atoms. The second kappa shape index (κ2) is 8.90. The summed E-state index contributed by atoms with van der Waals surface area (Å²) in [5.41, 5.74) is 3.21. The van der Waals surface area contributed by atoms with E-state index in [1.54, 1.807) is 11.8 Å². The Morgan fingerprint density at radius 3 is 1.78 bits per heavy atom. The molecule has 0 bridgehead atoms. The molecule has 0 aliphatic rings. The molecule has 0 amide bonds. The Kier molecular flexibility index (Phi) is 6.56. The van der Waals surface area contributed by atoms with E-state index in [-0.39, 0.29) is 5.41 Å². The summed E-state index contributed by atoms with van der Waals surface area (Å²) in [6, 6.07) is 25.2. The molecule has 0 aliphatic carbocycles. The maximum Gasteiger partial charge on any atom is 0.123 e. The second-order valence-corrected chi connectivity index (χ2v) is 9.70. The van der Waals surface area contributed by atoms with Crippen LogP contribution in [0.5, 0.6) is 5.75 Å². The van der Waals surface area contributed by atoms with Crippen LogP contribution in [0.15, 0.2) is 82.6 Å². The first-order valence-electron chi connectivity index (χ1n) is 9.14. The molecule has 0 unspecified atom stereocenters. The maximum absolute atomic E-state index is 10.9. The Morgan fingerprint density at radius 1 is 0.741 bits per heavy atom. The fraction of sp³-hybridized carbons (Fsp3) is 0.250. The van der Waals surface area contributed by atoms with Crippen LogP contribution in [0.2, 0.25) is 0 Å². The second-order valence-electron chi connectivity index (χ2n) is 7.60. The molecule has 0 aromatic heterocycles. The van der Waals surface area contributed by atoms with Gasteiger partial charge in [-0.15, -0.1) is 23.5 Å². The Labute approximate surface area is 171 Å². The smallest absolute Gasteiger partial charge is 0.123 e. The van der Waals surface area contributed by atoms with Gasteiger partial charge in [0.2, 0.25) is 0 Å². The molecule has 1 nitrogen and oxygen atoms in total. The van der Waals surface area contributed by atoms with Gasteiger partial charge in [0.25, 0.3) is 0 Å². The van der Waals surface area contributed by atoms with Crippen LogP contribution in [0.3, 0.4) is 0 Å². The monoisotopic (exact) mass is 394 g/mol. The van der Waals surface area contributed by atoms with Crippen LogP contribution in [0, 0.1) is 0 Å². The molecule has 3 rings (SSSR count). The Morgan fingerprint density at radius 2 is 1.26 bits per heavy atom. The number of aromatic hydroxyl groups is 1. The normalized spacial score (nSPS) is 11.5. The van der Waals surface area contributed by atoms with Crippen LogP contribution in [0.4, 0.5) is 0 Å². The number of phenolic OH excluding ortho intramolecular Hbond substituents is 1. The highest BCUT2D eigenvalue weighted by molar-refractivity contribution is 7.98. The summed E-state index contributed by atoms with van der Waals surface area (Å²) < 4.78 is 0. The SMILES string of the molecule is CC(C)(C)c1cc(CSc2ccccc2)cc(CSc2ccccc2)c1O. The molecule has 0 heterocycles. The van der Waals surface area contributed by atoms with Crippen molar-refractivity contribution in [3.63, 3.8) is 0 Å². The summed E-state index contributed by atoms with van der Waals surface area (Å²) in [5.74, 6) is 2.11. The molecule has 3 aromatic carbocycles. The molecule has 0 saturated heterocycles. The maximum atomic E-state index is 10.9. The first-order chi connectivity index (χ1) is 12.9. The lowest BCUT2D eigenvalue weighted by molar-refractivity contribution is 0.442. The van der Waals surface area contributed by atoms with Crippen LogP contribution >= 0.6 is 23.5 Å². The zero-order valence-corrected chi connectivity index (χ0v) is 17.7. The first kappa shape index (κ1) is 19.9. The van der Waals surface area contributed by atoms with Gasteiger partial charge in [-0.05, 0) is 40.8 Å². The number of phenols is 1. The van der Waals surface area contributed by atoms with Gasteiger partial charge in [0, 0.05) is 26.9 Å². The van der Waals surface area contributed by atoms with E-state index >= 15 is 0 Å². The largest absolute Gasteiger partial charge is 0.507 e. The van der Waals surface area contributed by atoms with Crippen LogP contribution in [-0.4, -0.2) is 5.11 Å². The fourth-order valence-electron chi connectivity index (χ4n) is 2.89. The molecule has 0 radical (unpaired) electrons. The molecule has 0 fully saturated rings. The van der Waals surface area contributed by atoms with Gasteiger partial charge in [-0.25, -0.2) is 0 Å². The van der Waals surface area contributed by atoms with Crippen molar-refractivity contribution in [3.05, 3.63) is 89.5 Å². The average molecular weight is 395 g/mol. The highest BCUT2D eigenvalue weighted by atomic mass is 32.2. The van der Waals surface area contributed by atoms with E-state index < -0.39 is 0 Å². The molecular formula is C24H26OS2. The van der Waals surface area contributed by atoms with Crippen LogP contribution in [0.1, 0.15) is 37.5 Å². The number of benzene rings is 3. The lowest BCUT2D eigenvalue weighted by Crippen LogP contribution is -2.12. The average Bonchev–Trinajstić information content (AvgIpc) is 2.67. The zero-order chi connectivity index (χ0) is 19.3. The third-order valence-electron chi connectivity index (χ3n) is 4.34. The number of hydrogen-bond acceptors (Lipinski definition) is 3. The van der Waals surface area contributed by atoms with Gasteiger partial charge in [-0.1, -0.05) is 69.3 Å². The molecular weight excluding hydrogens is 368 g/mol. The zero-order valence-electron chi connectivity index (χ0n) is 16.1. The Hall–Kier alpha value is -1.84. The highest BCUT2D eigenvalue weighted by Crippen LogP contribution is 2.38. The van der Waals surface area contributed by atoms with Crippen molar-refractivity contribution in [1.29, 1.82) is 0 Å². The van der Waals surface area contributed by atoms with Crippen molar-refractivity contribution in [3.8, 4) is 5.75 Å². The molecule has 140 valence electrons. The Bertz CT molecular complexity index is 868. The van der Waals surface area contributed by atoms with Gasteiger partial charge in [-0.3, -0.25) is 0 Å². The van der Waals surface area contributed by atoms with Crippen molar-refractivity contribution in [2.45, 2.75) is 47.5 Å². The molecule has 0 aliphatic heterocycles. The lowest BCUT2D eigenvalue weighted by Gasteiger charge is -2.23. The number of hydrogen-bond donors (Lipinski definition) is 1. The summed E-state index contributed by atoms with van der Waals surface area (Å²) in [5, 5.41) is 10.9. The van der Waals surface area contributed by atoms with E-state index in [9.17, 15) is 5.11 Å². The minimum atomic E-state index is -0.0936. The topological polar surface area (TPSA) is 20.2 Å². The fourth-order valence-corrected chi connectivity index (χ4v) is 4.63. The third kappa shape index (κ3) is 5.57. The van der Waals surface area contributed by atoms with Gasteiger partial charge >= 0.3 is 0 Å². The van der Waals surface area contributed by atoms with Crippen LogP contribution < -0.4 is 0 Å². The molecule has 1 N–H and O–H groups in total. The van der Waals surface area contributed by atoms with Gasteiger partial charge < -0.3 is 5.11 Å². The summed E-state index contributed by atoms with van der Waals surface area (Å²) in [4.78, 5) is 2.49. The van der Waals surface area contributed by atoms with Crippen LogP contribution in [-0.2, 0) is 16.9 Å². The van der Waals surface area contributed by atoms with Crippen molar-refractivity contribution in [2.24, 2.45) is 0 Å². The molecule has 3 heteroatoms. The van der Waals surface area contributed by atoms with Gasteiger partial charge in [0.1, 0.15) is 5.75 Å². The van der Waals surface area contributed by atoms with E-state index in [0.29, 0.717) is 5.75 Å². The third-order valence-corrected chi connectivity index (χ3v) is 6.49. The lowest BCUT2D eigenvalue weighted by atomic mass is 9.84. The van der Waals surface area contributed by atoms with E-state index in [0.717, 1.165) is 22.6 Å². The minimum Gasteiger partial charge on any atom is -0.507 e. The minimum absolute atomic E-state index is 0.0936. The van der Waals surface area contributed by atoms with Crippen molar-refractivity contribution in [2.75, 3.05) is 0 Å². The first-order valence-corrected chi connectivity index (χ1v) is 11.1. The van der Waals surface area contributed by atoms with E-state index in [1.165, 1.54) is 15.4 Å². The van der Waals surface area contributed by atoms with Gasteiger partial charge in [0.15, 0.2) is 0 Å². The number of rotatable bonds is 6. The van der Waals surface area contributed by atoms with Gasteiger partial charge in [0.05, 0.1) is 0 Å². The highest BCUT2D eigenvalue weighted by Gasteiger charge is 2.21. The molecule has 0 spiro atoms. The van der Waals surface area contributed by atoms with Crippen molar-refractivity contribution < 1.29 is 5.11 Å².